The Morgan fingerprint density at radius 2 is 1.76 bits per heavy atom. The topological polar surface area (TPSA) is 80.5 Å². The predicted octanol–water partition coefficient (Wildman–Crippen LogP) is 0.0140. The van der Waals surface area contributed by atoms with E-state index in [0.717, 1.165) is 12.8 Å². The zero-order valence-electron chi connectivity index (χ0n) is 9.51. The van der Waals surface area contributed by atoms with Crippen LogP contribution in [0.3, 0.4) is 0 Å². The number of amides is 1. The van der Waals surface area contributed by atoms with Crippen LogP contribution in [0.1, 0.15) is 25.7 Å². The second-order valence-electron chi connectivity index (χ2n) is 4.78. The maximum Gasteiger partial charge on any atom is 0.252 e. The molecule has 0 aromatic rings. The highest BCUT2D eigenvalue weighted by Gasteiger charge is 2.42. The third-order valence-electron chi connectivity index (χ3n) is 3.49. The molecule has 0 bridgehead atoms. The van der Waals surface area contributed by atoms with Gasteiger partial charge >= 0.3 is 0 Å². The molecule has 0 aromatic heterocycles. The minimum Gasteiger partial charge on any atom is -0.367 e. The van der Waals surface area contributed by atoms with E-state index in [4.69, 9.17) is 5.73 Å². The van der Waals surface area contributed by atoms with Crippen LogP contribution in [0.5, 0.6) is 0 Å². The number of primary amides is 1. The number of carbonyl (C=O) groups excluding carboxylic acids is 1. The lowest BCUT2D eigenvalue weighted by Crippen LogP contribution is -2.44. The molecule has 2 aliphatic rings. The van der Waals surface area contributed by atoms with Crippen LogP contribution < -0.4 is 5.73 Å². The van der Waals surface area contributed by atoms with Gasteiger partial charge in [-0.2, -0.15) is 0 Å². The molecule has 0 radical (unpaired) electrons. The molecule has 7 heteroatoms. The van der Waals surface area contributed by atoms with E-state index in [1.165, 1.54) is 4.31 Å². The summed E-state index contributed by atoms with van der Waals surface area (Å²) >= 11 is 0. The van der Waals surface area contributed by atoms with Gasteiger partial charge in [0.15, 0.2) is 6.17 Å². The number of halogens is 1. The van der Waals surface area contributed by atoms with Crippen molar-refractivity contribution in [1.29, 1.82) is 0 Å². The molecule has 1 heterocycles. The van der Waals surface area contributed by atoms with E-state index in [-0.39, 0.29) is 5.25 Å². The lowest BCUT2D eigenvalue weighted by Gasteiger charge is -2.31. The molecule has 2 rings (SSSR count). The normalized spacial score (nSPS) is 25.7. The van der Waals surface area contributed by atoms with Gasteiger partial charge in [-0.1, -0.05) is 0 Å². The molecule has 5 nitrogen and oxygen atoms in total. The number of piperidine rings is 1. The standard InChI is InChI=1S/C10H17FN2O3S/c11-9(10(12)14)7-3-5-13(6-4-7)17(15,16)8-1-2-8/h7-9H,1-6H2,(H2,12,14). The van der Waals surface area contributed by atoms with Crippen molar-refractivity contribution in [3.63, 3.8) is 0 Å². The summed E-state index contributed by atoms with van der Waals surface area (Å²) in [6.45, 7) is 0.606. The number of sulfonamides is 1. The van der Waals surface area contributed by atoms with Gasteiger partial charge in [-0.25, -0.2) is 17.1 Å². The molecular weight excluding hydrogens is 247 g/mol. The smallest absolute Gasteiger partial charge is 0.252 e. The first kappa shape index (κ1) is 12.8. The second kappa shape index (κ2) is 4.53. The van der Waals surface area contributed by atoms with Crippen LogP contribution in [-0.2, 0) is 14.8 Å². The Morgan fingerprint density at radius 1 is 1.24 bits per heavy atom. The summed E-state index contributed by atoms with van der Waals surface area (Å²) < 4.78 is 38.6. The Labute approximate surface area is 100 Å². The third-order valence-corrected chi connectivity index (χ3v) is 5.89. The second-order valence-corrected chi connectivity index (χ2v) is 7.00. The van der Waals surface area contributed by atoms with E-state index >= 15 is 0 Å². The van der Waals surface area contributed by atoms with Gasteiger partial charge in [-0.15, -0.1) is 0 Å². The SMILES string of the molecule is NC(=O)C(F)C1CCN(S(=O)(=O)C2CC2)CC1. The molecule has 0 aromatic carbocycles. The van der Waals surface area contributed by atoms with Gasteiger partial charge < -0.3 is 5.73 Å². The number of nitrogens with two attached hydrogens (primary N) is 1. The molecule has 2 N–H and O–H groups in total. The maximum absolute atomic E-state index is 13.4. The average molecular weight is 264 g/mol. The van der Waals surface area contributed by atoms with Crippen molar-refractivity contribution in [3.8, 4) is 0 Å². The van der Waals surface area contributed by atoms with Gasteiger partial charge in [0, 0.05) is 19.0 Å². The zero-order chi connectivity index (χ0) is 12.6. The number of carbonyl (C=O) groups is 1. The maximum atomic E-state index is 13.4. The predicted molar refractivity (Wildman–Crippen MR) is 60.3 cm³/mol. The van der Waals surface area contributed by atoms with E-state index in [2.05, 4.69) is 0 Å². The minimum absolute atomic E-state index is 0.226. The molecular formula is C10H17FN2O3S. The summed E-state index contributed by atoms with van der Waals surface area (Å²) in [7, 11) is -3.16. The van der Waals surface area contributed by atoms with E-state index in [1.807, 2.05) is 0 Å². The Morgan fingerprint density at radius 3 is 2.18 bits per heavy atom. The largest absolute Gasteiger partial charge is 0.367 e. The quantitative estimate of drug-likeness (QED) is 0.777. The number of hydrogen-bond acceptors (Lipinski definition) is 3. The third kappa shape index (κ3) is 2.60. The highest BCUT2D eigenvalue weighted by Crippen LogP contribution is 2.33. The number of alkyl halides is 1. The Kier molecular flexibility index (Phi) is 3.40. The first-order valence-electron chi connectivity index (χ1n) is 5.85. The van der Waals surface area contributed by atoms with Crippen LogP contribution in [0.2, 0.25) is 0 Å². The minimum atomic E-state index is -3.16. The Balaban J connectivity index is 1.92. The number of hydrogen-bond donors (Lipinski definition) is 1. The molecule has 1 unspecified atom stereocenters. The molecule has 1 saturated heterocycles. The van der Waals surface area contributed by atoms with Gasteiger partial charge in [-0.05, 0) is 25.7 Å². The zero-order valence-corrected chi connectivity index (χ0v) is 10.3. The molecule has 1 atom stereocenters. The summed E-state index contributed by atoms with van der Waals surface area (Å²) in [6, 6.07) is 0. The van der Waals surface area contributed by atoms with Crippen LogP contribution in [0, 0.1) is 5.92 Å². The average Bonchev–Trinajstić information content (AvgIpc) is 3.12. The summed E-state index contributed by atoms with van der Waals surface area (Å²) in [5, 5.41) is -0.226. The summed E-state index contributed by atoms with van der Waals surface area (Å²) in [5.74, 6) is -1.38. The first-order valence-corrected chi connectivity index (χ1v) is 7.35. The van der Waals surface area contributed by atoms with E-state index in [0.29, 0.717) is 25.9 Å². The summed E-state index contributed by atoms with van der Waals surface area (Å²) in [4.78, 5) is 10.7. The van der Waals surface area contributed by atoms with E-state index in [1.54, 1.807) is 0 Å². The van der Waals surface area contributed by atoms with Crippen LogP contribution >= 0.6 is 0 Å². The van der Waals surface area contributed by atoms with E-state index in [9.17, 15) is 17.6 Å². The van der Waals surface area contributed by atoms with Gasteiger partial charge in [0.1, 0.15) is 0 Å². The van der Waals surface area contributed by atoms with Crippen LogP contribution in [-0.4, -0.2) is 43.1 Å². The highest BCUT2D eigenvalue weighted by atomic mass is 32.2. The van der Waals surface area contributed by atoms with Crippen LogP contribution in [0.25, 0.3) is 0 Å². The fourth-order valence-electron chi connectivity index (χ4n) is 2.23. The first-order chi connectivity index (χ1) is 7.93. The number of rotatable bonds is 4. The molecule has 1 saturated carbocycles. The van der Waals surface area contributed by atoms with Crippen molar-refractivity contribution in [2.24, 2.45) is 11.7 Å². The lowest BCUT2D eigenvalue weighted by molar-refractivity contribution is -0.125. The monoisotopic (exact) mass is 264 g/mol. The molecule has 1 aliphatic carbocycles. The van der Waals surface area contributed by atoms with Crippen molar-refractivity contribution in [3.05, 3.63) is 0 Å². The van der Waals surface area contributed by atoms with Crippen molar-refractivity contribution in [1.82, 2.24) is 4.31 Å². The fourth-order valence-corrected chi connectivity index (χ4v) is 4.11. The number of nitrogens with zero attached hydrogens (tertiary/aromatic N) is 1. The molecule has 98 valence electrons. The molecule has 0 spiro atoms. The van der Waals surface area contributed by atoms with Crippen molar-refractivity contribution >= 4 is 15.9 Å². The van der Waals surface area contributed by atoms with Crippen LogP contribution in [0.4, 0.5) is 4.39 Å². The molecule has 17 heavy (non-hydrogen) atoms. The Hall–Kier alpha value is -0.690. The van der Waals surface area contributed by atoms with Gasteiger partial charge in [0.25, 0.3) is 5.91 Å². The van der Waals surface area contributed by atoms with Gasteiger partial charge in [0.05, 0.1) is 5.25 Å². The van der Waals surface area contributed by atoms with Crippen molar-refractivity contribution in [2.45, 2.75) is 37.1 Å². The summed E-state index contributed by atoms with van der Waals surface area (Å²) in [6.07, 6.45) is 0.553. The van der Waals surface area contributed by atoms with Gasteiger partial charge in [0.2, 0.25) is 10.0 Å². The molecule has 1 amide bonds. The van der Waals surface area contributed by atoms with Crippen molar-refractivity contribution in [2.75, 3.05) is 13.1 Å². The van der Waals surface area contributed by atoms with Crippen molar-refractivity contribution < 1.29 is 17.6 Å². The molecule has 2 fully saturated rings. The fraction of sp³-hybridized carbons (Fsp3) is 0.900. The lowest BCUT2D eigenvalue weighted by atomic mass is 9.93. The summed E-state index contributed by atoms with van der Waals surface area (Å²) in [5.41, 5.74) is 4.90. The molecule has 1 aliphatic heterocycles. The van der Waals surface area contributed by atoms with Crippen LogP contribution in [0.15, 0.2) is 0 Å². The highest BCUT2D eigenvalue weighted by molar-refractivity contribution is 7.90. The van der Waals surface area contributed by atoms with Gasteiger partial charge in [-0.3, -0.25) is 4.79 Å². The Bertz CT molecular complexity index is 400. The van der Waals surface area contributed by atoms with E-state index < -0.39 is 28.0 Å².